The number of rotatable bonds is 10. The second kappa shape index (κ2) is 12.6. The van der Waals surface area contributed by atoms with Crippen LogP contribution in [0.4, 0.5) is 0 Å². The van der Waals surface area contributed by atoms with E-state index in [4.69, 9.17) is 30.2 Å². The first-order valence-corrected chi connectivity index (χ1v) is 11.5. The van der Waals surface area contributed by atoms with E-state index < -0.39 is 11.9 Å². The molecular weight excluding hydrogens is 540 g/mol. The summed E-state index contributed by atoms with van der Waals surface area (Å²) in [5.74, 6) is 0.247. The molecule has 1 aromatic heterocycles. The van der Waals surface area contributed by atoms with Crippen LogP contribution in [0.2, 0.25) is 5.02 Å². The third kappa shape index (κ3) is 7.64. The number of nitriles is 1. The highest BCUT2D eigenvalue weighted by molar-refractivity contribution is 9.10. The molecule has 3 rings (SSSR count). The van der Waals surface area contributed by atoms with Gasteiger partial charge in [0.2, 0.25) is 0 Å². The normalized spacial score (nSPS) is 10.9. The lowest BCUT2D eigenvalue weighted by molar-refractivity contribution is -0.136. The van der Waals surface area contributed by atoms with Gasteiger partial charge < -0.3 is 23.9 Å². The molecular formula is C25H20BrClN2O6. The standard InChI is InChI=1S/C25H20BrClN2O6/c1-2-32-23-11-16(10-17(13-28)25(31)29-14-19-4-3-9-33-19)5-7-22(23)35-24(30)15-34-21-8-6-18(27)12-20(21)26/h3-12H,2,14-15H2,1H3,(H,29,31)/b17-10+. The second-order valence-corrected chi connectivity index (χ2v) is 8.20. The van der Waals surface area contributed by atoms with Crippen LogP contribution in [0.3, 0.4) is 0 Å². The highest BCUT2D eigenvalue weighted by Crippen LogP contribution is 2.30. The quantitative estimate of drug-likeness (QED) is 0.155. The molecule has 0 saturated heterocycles. The largest absolute Gasteiger partial charge is 0.490 e. The average Bonchev–Trinajstić information content (AvgIpc) is 3.36. The van der Waals surface area contributed by atoms with Crippen LogP contribution in [0, 0.1) is 11.3 Å². The number of esters is 1. The van der Waals surface area contributed by atoms with Gasteiger partial charge in [-0.25, -0.2) is 4.79 Å². The summed E-state index contributed by atoms with van der Waals surface area (Å²) in [7, 11) is 0. The Balaban J connectivity index is 1.68. The summed E-state index contributed by atoms with van der Waals surface area (Å²) in [6.07, 6.45) is 2.90. The van der Waals surface area contributed by atoms with E-state index >= 15 is 0 Å². The molecule has 0 radical (unpaired) electrons. The predicted molar refractivity (Wildman–Crippen MR) is 132 cm³/mol. The number of furan rings is 1. The van der Waals surface area contributed by atoms with E-state index in [-0.39, 0.29) is 30.2 Å². The summed E-state index contributed by atoms with van der Waals surface area (Å²) in [5, 5.41) is 12.6. The number of ether oxygens (including phenoxy) is 3. The summed E-state index contributed by atoms with van der Waals surface area (Å²) >= 11 is 9.22. The van der Waals surface area contributed by atoms with E-state index in [9.17, 15) is 14.9 Å². The Morgan fingerprint density at radius 2 is 1.94 bits per heavy atom. The molecule has 10 heteroatoms. The first kappa shape index (κ1) is 25.9. The lowest BCUT2D eigenvalue weighted by Gasteiger charge is -2.12. The van der Waals surface area contributed by atoms with Crippen LogP contribution < -0.4 is 19.5 Å². The van der Waals surface area contributed by atoms with Gasteiger partial charge in [0.05, 0.1) is 23.9 Å². The smallest absolute Gasteiger partial charge is 0.349 e. The number of amides is 1. The Labute approximate surface area is 215 Å². The molecule has 1 amide bonds. The molecule has 0 unspecified atom stereocenters. The van der Waals surface area contributed by atoms with Crippen molar-refractivity contribution in [3.63, 3.8) is 0 Å². The Bertz CT molecular complexity index is 1270. The van der Waals surface area contributed by atoms with Gasteiger partial charge in [-0.15, -0.1) is 0 Å². The number of hydrogen-bond donors (Lipinski definition) is 1. The van der Waals surface area contributed by atoms with Gasteiger partial charge in [0, 0.05) is 5.02 Å². The number of benzene rings is 2. The summed E-state index contributed by atoms with van der Waals surface area (Å²) in [6.45, 7) is 1.89. The highest BCUT2D eigenvalue weighted by atomic mass is 79.9. The third-order valence-electron chi connectivity index (χ3n) is 4.41. The minimum absolute atomic E-state index is 0.106. The fourth-order valence-corrected chi connectivity index (χ4v) is 3.64. The van der Waals surface area contributed by atoms with Crippen molar-refractivity contribution in [3.05, 3.63) is 81.2 Å². The van der Waals surface area contributed by atoms with Gasteiger partial charge in [-0.3, -0.25) is 4.79 Å². The molecule has 1 N–H and O–H groups in total. The highest BCUT2D eigenvalue weighted by Gasteiger charge is 2.15. The Kier molecular flexibility index (Phi) is 9.35. The predicted octanol–water partition coefficient (Wildman–Crippen LogP) is 5.30. The first-order chi connectivity index (χ1) is 16.9. The van der Waals surface area contributed by atoms with E-state index in [2.05, 4.69) is 21.2 Å². The zero-order chi connectivity index (χ0) is 25.2. The van der Waals surface area contributed by atoms with Gasteiger partial charge >= 0.3 is 5.97 Å². The summed E-state index contributed by atoms with van der Waals surface area (Å²) in [4.78, 5) is 24.7. The third-order valence-corrected chi connectivity index (χ3v) is 5.27. The summed E-state index contributed by atoms with van der Waals surface area (Å²) < 4.78 is 22.2. The van der Waals surface area contributed by atoms with Crippen LogP contribution in [-0.4, -0.2) is 25.1 Å². The molecule has 3 aromatic rings. The molecule has 0 spiro atoms. The van der Waals surface area contributed by atoms with Crippen molar-refractivity contribution in [2.24, 2.45) is 0 Å². The minimum Gasteiger partial charge on any atom is -0.490 e. The lowest BCUT2D eigenvalue weighted by atomic mass is 10.1. The Morgan fingerprint density at radius 1 is 1.14 bits per heavy atom. The fourth-order valence-electron chi connectivity index (χ4n) is 2.84. The number of hydrogen-bond acceptors (Lipinski definition) is 7. The number of halogens is 2. The average molecular weight is 560 g/mol. The van der Waals surface area contributed by atoms with Gasteiger partial charge in [0.25, 0.3) is 5.91 Å². The molecule has 0 saturated carbocycles. The maximum atomic E-state index is 12.4. The molecule has 0 aliphatic heterocycles. The molecule has 0 aliphatic carbocycles. The number of carbonyl (C=O) groups excluding carboxylic acids is 2. The molecule has 180 valence electrons. The van der Waals surface area contributed by atoms with Gasteiger partial charge in [-0.2, -0.15) is 5.26 Å². The van der Waals surface area contributed by atoms with Gasteiger partial charge in [0.1, 0.15) is 23.2 Å². The number of nitrogens with zero attached hydrogens (tertiary/aromatic N) is 1. The molecule has 8 nitrogen and oxygen atoms in total. The van der Waals surface area contributed by atoms with E-state index in [1.54, 1.807) is 49.4 Å². The summed E-state index contributed by atoms with van der Waals surface area (Å²) in [6, 6.07) is 14.9. The molecule has 2 aromatic carbocycles. The van der Waals surface area contributed by atoms with Gasteiger partial charge in [-0.05, 0) is 77.0 Å². The van der Waals surface area contributed by atoms with Crippen molar-refractivity contribution in [2.45, 2.75) is 13.5 Å². The van der Waals surface area contributed by atoms with Crippen molar-refractivity contribution in [1.29, 1.82) is 5.26 Å². The monoisotopic (exact) mass is 558 g/mol. The molecule has 0 aliphatic rings. The van der Waals surface area contributed by atoms with Crippen LogP contribution in [0.5, 0.6) is 17.2 Å². The maximum absolute atomic E-state index is 12.4. The minimum atomic E-state index is -0.647. The molecule has 35 heavy (non-hydrogen) atoms. The SMILES string of the molecule is CCOc1cc(/C=C(\C#N)C(=O)NCc2ccco2)ccc1OC(=O)COc1ccc(Cl)cc1Br. The topological polar surface area (TPSA) is 111 Å². The van der Waals surface area contributed by atoms with Crippen LogP contribution >= 0.6 is 27.5 Å². The van der Waals surface area contributed by atoms with Crippen LogP contribution in [0.1, 0.15) is 18.2 Å². The van der Waals surface area contributed by atoms with Crippen molar-refractivity contribution in [3.8, 4) is 23.3 Å². The lowest BCUT2D eigenvalue weighted by Crippen LogP contribution is -2.23. The zero-order valence-corrected chi connectivity index (χ0v) is 20.9. The molecule has 0 atom stereocenters. The van der Waals surface area contributed by atoms with Gasteiger partial charge in [-0.1, -0.05) is 17.7 Å². The summed E-state index contributed by atoms with van der Waals surface area (Å²) in [5.41, 5.74) is 0.407. The number of carbonyl (C=O) groups is 2. The van der Waals surface area contributed by atoms with Crippen LogP contribution in [0.15, 0.2) is 69.3 Å². The van der Waals surface area contributed by atoms with E-state index in [0.29, 0.717) is 33.2 Å². The van der Waals surface area contributed by atoms with Crippen molar-refractivity contribution >= 4 is 45.5 Å². The van der Waals surface area contributed by atoms with Crippen molar-refractivity contribution in [2.75, 3.05) is 13.2 Å². The van der Waals surface area contributed by atoms with Crippen LogP contribution in [0.25, 0.3) is 6.08 Å². The first-order valence-electron chi connectivity index (χ1n) is 10.4. The van der Waals surface area contributed by atoms with Crippen molar-refractivity contribution < 1.29 is 28.2 Å². The number of nitrogens with one attached hydrogen (secondary N) is 1. The zero-order valence-electron chi connectivity index (χ0n) is 18.5. The maximum Gasteiger partial charge on any atom is 0.349 e. The van der Waals surface area contributed by atoms with Gasteiger partial charge in [0.15, 0.2) is 18.1 Å². The second-order valence-electron chi connectivity index (χ2n) is 6.91. The van der Waals surface area contributed by atoms with E-state index in [0.717, 1.165) is 0 Å². The molecule has 0 fully saturated rings. The van der Waals surface area contributed by atoms with Crippen LogP contribution in [-0.2, 0) is 16.1 Å². The Morgan fingerprint density at radius 3 is 2.63 bits per heavy atom. The van der Waals surface area contributed by atoms with E-state index in [1.165, 1.54) is 18.4 Å². The fraction of sp³-hybridized carbons (Fsp3) is 0.160. The molecule has 1 heterocycles. The van der Waals surface area contributed by atoms with Crippen molar-refractivity contribution in [1.82, 2.24) is 5.32 Å². The van der Waals surface area contributed by atoms with E-state index in [1.807, 2.05) is 6.07 Å². The molecule has 0 bridgehead atoms. The Hall–Kier alpha value is -3.74.